The highest BCUT2D eigenvalue weighted by molar-refractivity contribution is 9.10. The van der Waals surface area contributed by atoms with E-state index in [-0.39, 0.29) is 0 Å². The zero-order chi connectivity index (χ0) is 21.5. The molecule has 0 saturated heterocycles. The molecule has 0 spiro atoms. The second kappa shape index (κ2) is 10.3. The molecule has 6 heteroatoms. The molecule has 3 aromatic carbocycles. The van der Waals surface area contributed by atoms with Gasteiger partial charge in [-0.15, -0.1) is 0 Å². The second-order valence-electron chi connectivity index (χ2n) is 6.36. The highest BCUT2D eigenvalue weighted by Crippen LogP contribution is 2.38. The summed E-state index contributed by atoms with van der Waals surface area (Å²) in [7, 11) is 0. The molecule has 0 fully saturated rings. The molecule has 0 radical (unpaired) electrons. The molecule has 0 bridgehead atoms. The van der Waals surface area contributed by atoms with Gasteiger partial charge in [0, 0.05) is 4.47 Å². The van der Waals surface area contributed by atoms with Gasteiger partial charge in [0.15, 0.2) is 11.5 Å². The van der Waals surface area contributed by atoms with E-state index in [1.807, 2.05) is 31.2 Å². The molecule has 0 unspecified atom stereocenters. The lowest BCUT2D eigenvalue weighted by molar-refractivity contribution is 0.269. The fourth-order valence-corrected chi connectivity index (χ4v) is 3.35. The molecule has 0 atom stereocenters. The summed E-state index contributed by atoms with van der Waals surface area (Å²) >= 11 is 9.88. The number of allylic oxidation sites excluding steroid dienone is 1. The zero-order valence-corrected chi connectivity index (χ0v) is 18.5. The smallest absolute Gasteiger partial charge is 0.180 e. The van der Waals surface area contributed by atoms with E-state index in [0.29, 0.717) is 46.4 Å². The first-order valence-corrected chi connectivity index (χ1v) is 10.4. The van der Waals surface area contributed by atoms with E-state index in [1.54, 1.807) is 30.3 Å². The van der Waals surface area contributed by atoms with Crippen LogP contribution in [0.5, 0.6) is 11.5 Å². The van der Waals surface area contributed by atoms with Crippen molar-refractivity contribution in [2.45, 2.75) is 13.5 Å². The van der Waals surface area contributed by atoms with Crippen LogP contribution in [-0.2, 0) is 6.61 Å². The van der Waals surface area contributed by atoms with E-state index in [0.717, 1.165) is 10.0 Å². The first-order chi connectivity index (χ1) is 14.5. The van der Waals surface area contributed by atoms with Crippen LogP contribution in [0, 0.1) is 17.1 Å². The third-order valence-electron chi connectivity index (χ3n) is 4.20. The summed E-state index contributed by atoms with van der Waals surface area (Å²) in [6.45, 7) is 2.62. The first kappa shape index (κ1) is 21.9. The third kappa shape index (κ3) is 5.63. The molecular weight excluding hydrogens is 469 g/mol. The van der Waals surface area contributed by atoms with Gasteiger partial charge in [0.25, 0.3) is 0 Å². The average Bonchev–Trinajstić information content (AvgIpc) is 2.73. The summed E-state index contributed by atoms with van der Waals surface area (Å²) in [5.74, 6) is 0.506. The maximum absolute atomic E-state index is 13.5. The standard InChI is InChI=1S/C24H18BrClFNO2/c1-2-29-23-12-17(10-19(14-28)18-4-3-5-21(27)13-18)11-22(26)24(23)30-15-16-6-8-20(25)9-7-16/h3-13H,2,15H2,1H3/b19-10-. The number of nitriles is 1. The number of nitrogens with zero attached hydrogens (tertiary/aromatic N) is 1. The number of benzene rings is 3. The molecule has 152 valence electrons. The van der Waals surface area contributed by atoms with Gasteiger partial charge in [0.05, 0.1) is 23.3 Å². The van der Waals surface area contributed by atoms with Crippen molar-refractivity contribution in [1.29, 1.82) is 5.26 Å². The molecule has 3 nitrogen and oxygen atoms in total. The zero-order valence-electron chi connectivity index (χ0n) is 16.2. The van der Waals surface area contributed by atoms with Crippen LogP contribution < -0.4 is 9.47 Å². The predicted molar refractivity (Wildman–Crippen MR) is 121 cm³/mol. The minimum atomic E-state index is -0.404. The van der Waals surface area contributed by atoms with E-state index in [2.05, 4.69) is 22.0 Å². The number of hydrogen-bond donors (Lipinski definition) is 0. The Kier molecular flexibility index (Phi) is 7.51. The summed E-state index contributed by atoms with van der Waals surface area (Å²) < 4.78 is 26.2. The van der Waals surface area contributed by atoms with E-state index in [9.17, 15) is 9.65 Å². The largest absolute Gasteiger partial charge is 0.490 e. The number of ether oxygens (including phenoxy) is 2. The van der Waals surface area contributed by atoms with Crippen LogP contribution in [0.3, 0.4) is 0 Å². The van der Waals surface area contributed by atoms with Crippen molar-refractivity contribution in [1.82, 2.24) is 0 Å². The van der Waals surface area contributed by atoms with Crippen molar-refractivity contribution in [2.24, 2.45) is 0 Å². The van der Waals surface area contributed by atoms with Gasteiger partial charge in [-0.05, 0) is 66.1 Å². The molecule has 0 aliphatic carbocycles. The molecule has 0 aromatic heterocycles. The highest BCUT2D eigenvalue weighted by atomic mass is 79.9. The van der Waals surface area contributed by atoms with Crippen molar-refractivity contribution < 1.29 is 13.9 Å². The van der Waals surface area contributed by atoms with Crippen LogP contribution >= 0.6 is 27.5 Å². The lowest BCUT2D eigenvalue weighted by atomic mass is 10.0. The van der Waals surface area contributed by atoms with Gasteiger partial charge >= 0.3 is 0 Å². The fourth-order valence-electron chi connectivity index (χ4n) is 2.81. The van der Waals surface area contributed by atoms with Crippen LogP contribution in [0.4, 0.5) is 4.39 Å². The predicted octanol–water partition coefficient (Wildman–Crippen LogP) is 7.28. The van der Waals surface area contributed by atoms with E-state index < -0.39 is 5.82 Å². The Morgan fingerprint density at radius 2 is 1.90 bits per heavy atom. The molecule has 0 N–H and O–H groups in total. The fraction of sp³-hybridized carbons (Fsp3) is 0.125. The summed E-state index contributed by atoms with van der Waals surface area (Å²) in [5.41, 5.74) is 2.44. The Hall–Kier alpha value is -2.81. The monoisotopic (exact) mass is 485 g/mol. The third-order valence-corrected chi connectivity index (χ3v) is 5.00. The van der Waals surface area contributed by atoms with Crippen molar-refractivity contribution in [3.8, 4) is 17.6 Å². The quantitative estimate of drug-likeness (QED) is 0.260. The molecule has 0 heterocycles. The van der Waals surface area contributed by atoms with Crippen LogP contribution in [0.15, 0.2) is 65.1 Å². The van der Waals surface area contributed by atoms with E-state index >= 15 is 0 Å². The second-order valence-corrected chi connectivity index (χ2v) is 7.68. The lowest BCUT2D eigenvalue weighted by Crippen LogP contribution is -2.01. The number of halogens is 3. The van der Waals surface area contributed by atoms with E-state index in [4.69, 9.17) is 21.1 Å². The van der Waals surface area contributed by atoms with Gasteiger partial charge < -0.3 is 9.47 Å². The first-order valence-electron chi connectivity index (χ1n) is 9.21. The van der Waals surface area contributed by atoms with Gasteiger partial charge in [-0.25, -0.2) is 4.39 Å². The van der Waals surface area contributed by atoms with Gasteiger partial charge in [-0.3, -0.25) is 0 Å². The molecule has 0 amide bonds. The average molecular weight is 487 g/mol. The van der Waals surface area contributed by atoms with Gasteiger partial charge in [-0.1, -0.05) is 51.8 Å². The molecule has 30 heavy (non-hydrogen) atoms. The van der Waals surface area contributed by atoms with Crippen molar-refractivity contribution in [3.63, 3.8) is 0 Å². The van der Waals surface area contributed by atoms with Crippen molar-refractivity contribution in [3.05, 3.63) is 92.7 Å². The maximum Gasteiger partial charge on any atom is 0.180 e. The molecule has 3 aromatic rings. The Morgan fingerprint density at radius 1 is 1.13 bits per heavy atom. The SMILES string of the molecule is CCOc1cc(/C=C(/C#N)c2cccc(F)c2)cc(Cl)c1OCc1ccc(Br)cc1. The Balaban J connectivity index is 1.92. The van der Waals surface area contributed by atoms with Gasteiger partial charge in [-0.2, -0.15) is 5.26 Å². The lowest BCUT2D eigenvalue weighted by Gasteiger charge is -2.15. The van der Waals surface area contributed by atoms with Crippen LogP contribution in [0.2, 0.25) is 5.02 Å². The summed E-state index contributed by atoms with van der Waals surface area (Å²) in [5, 5.41) is 9.89. The normalized spacial score (nSPS) is 11.1. The summed E-state index contributed by atoms with van der Waals surface area (Å²) in [6.07, 6.45) is 1.64. The highest BCUT2D eigenvalue weighted by Gasteiger charge is 2.13. The van der Waals surface area contributed by atoms with Crippen LogP contribution in [0.25, 0.3) is 11.6 Å². The van der Waals surface area contributed by atoms with E-state index in [1.165, 1.54) is 12.1 Å². The number of hydrogen-bond acceptors (Lipinski definition) is 3. The Bertz CT molecular complexity index is 1110. The summed E-state index contributed by atoms with van der Waals surface area (Å²) in [4.78, 5) is 0. The summed E-state index contributed by atoms with van der Waals surface area (Å²) in [6, 6.07) is 19.2. The van der Waals surface area contributed by atoms with Crippen LogP contribution in [0.1, 0.15) is 23.6 Å². The Morgan fingerprint density at radius 3 is 2.57 bits per heavy atom. The van der Waals surface area contributed by atoms with Gasteiger partial charge in [0.1, 0.15) is 12.4 Å². The molecule has 0 saturated carbocycles. The Labute approximate surface area is 188 Å². The maximum atomic E-state index is 13.5. The minimum Gasteiger partial charge on any atom is -0.490 e. The van der Waals surface area contributed by atoms with Gasteiger partial charge in [0.2, 0.25) is 0 Å². The van der Waals surface area contributed by atoms with Crippen LogP contribution in [-0.4, -0.2) is 6.61 Å². The topological polar surface area (TPSA) is 42.2 Å². The molecule has 0 aliphatic rings. The molecule has 3 rings (SSSR count). The van der Waals surface area contributed by atoms with Crippen molar-refractivity contribution >= 4 is 39.2 Å². The number of rotatable bonds is 7. The molecule has 0 aliphatic heterocycles. The minimum absolute atomic E-state index is 0.316. The van der Waals surface area contributed by atoms with Crippen molar-refractivity contribution in [2.75, 3.05) is 6.61 Å². The molecular formula is C24H18BrClFNO2.